The highest BCUT2D eigenvalue weighted by Gasteiger charge is 2.49. The standard InChI is InChI=1S/C17H22O4/c1-3-21-16(20)17(15(18)19,10-9-13-7-8-13)14-6-4-5-12(2)11-14/h4-6,11,13H,3,7-10H2,1-2H3,(H,18,19). The summed E-state index contributed by atoms with van der Waals surface area (Å²) in [5, 5.41) is 9.80. The number of aliphatic carboxylic acids is 1. The van der Waals surface area contributed by atoms with Gasteiger partial charge in [-0.25, -0.2) is 0 Å². The van der Waals surface area contributed by atoms with Crippen LogP contribution in [0.4, 0.5) is 0 Å². The minimum atomic E-state index is -1.58. The molecule has 1 aliphatic rings. The van der Waals surface area contributed by atoms with Crippen molar-refractivity contribution in [3.63, 3.8) is 0 Å². The lowest BCUT2D eigenvalue weighted by molar-refractivity contribution is -0.162. The van der Waals surface area contributed by atoms with Crippen molar-refractivity contribution in [2.75, 3.05) is 6.61 Å². The van der Waals surface area contributed by atoms with E-state index in [2.05, 4.69) is 0 Å². The van der Waals surface area contributed by atoms with Crippen molar-refractivity contribution < 1.29 is 19.4 Å². The average molecular weight is 290 g/mol. The number of carboxylic acids is 1. The van der Waals surface area contributed by atoms with E-state index in [-0.39, 0.29) is 6.61 Å². The predicted octanol–water partition coefficient (Wildman–Crippen LogP) is 3.07. The molecule has 21 heavy (non-hydrogen) atoms. The molecule has 1 aromatic rings. The zero-order valence-electron chi connectivity index (χ0n) is 12.6. The van der Waals surface area contributed by atoms with Gasteiger partial charge in [0.05, 0.1) is 6.61 Å². The Hall–Kier alpha value is -1.84. The van der Waals surface area contributed by atoms with E-state index in [1.54, 1.807) is 25.1 Å². The molecule has 0 aromatic heterocycles. The molecule has 1 aliphatic carbocycles. The fourth-order valence-electron chi connectivity index (χ4n) is 2.67. The number of esters is 1. The van der Waals surface area contributed by atoms with Gasteiger partial charge in [-0.05, 0) is 38.2 Å². The van der Waals surface area contributed by atoms with Crippen molar-refractivity contribution in [3.8, 4) is 0 Å². The Bertz CT molecular complexity index is 533. The van der Waals surface area contributed by atoms with E-state index in [1.807, 2.05) is 13.0 Å². The second-order valence-electron chi connectivity index (χ2n) is 5.78. The molecule has 0 bridgehead atoms. The van der Waals surface area contributed by atoms with E-state index in [0.717, 1.165) is 24.8 Å². The zero-order chi connectivity index (χ0) is 15.5. The Morgan fingerprint density at radius 1 is 1.38 bits per heavy atom. The van der Waals surface area contributed by atoms with E-state index in [0.29, 0.717) is 17.9 Å². The maximum absolute atomic E-state index is 12.4. The van der Waals surface area contributed by atoms with Crippen molar-refractivity contribution in [1.82, 2.24) is 0 Å². The monoisotopic (exact) mass is 290 g/mol. The van der Waals surface area contributed by atoms with E-state index in [9.17, 15) is 14.7 Å². The van der Waals surface area contributed by atoms with Crippen molar-refractivity contribution >= 4 is 11.9 Å². The largest absolute Gasteiger partial charge is 0.480 e. The number of aryl methyl sites for hydroxylation is 1. The summed E-state index contributed by atoms with van der Waals surface area (Å²) in [4.78, 5) is 24.4. The van der Waals surface area contributed by atoms with E-state index < -0.39 is 17.4 Å². The van der Waals surface area contributed by atoms with Gasteiger partial charge in [0.2, 0.25) is 0 Å². The third-order valence-electron chi connectivity index (χ3n) is 4.12. The molecule has 4 nitrogen and oxygen atoms in total. The second kappa shape index (κ2) is 6.29. The number of hydrogen-bond acceptors (Lipinski definition) is 3. The smallest absolute Gasteiger partial charge is 0.328 e. The normalized spacial score (nSPS) is 17.0. The molecule has 0 spiro atoms. The highest BCUT2D eigenvalue weighted by molar-refractivity contribution is 6.05. The van der Waals surface area contributed by atoms with Gasteiger partial charge in [0.15, 0.2) is 5.41 Å². The first-order valence-corrected chi connectivity index (χ1v) is 7.48. The Labute approximate surface area is 125 Å². The van der Waals surface area contributed by atoms with Crippen LogP contribution in [-0.2, 0) is 19.7 Å². The molecule has 4 heteroatoms. The molecular weight excluding hydrogens is 268 g/mol. The topological polar surface area (TPSA) is 63.6 Å². The molecule has 1 atom stereocenters. The molecule has 0 amide bonds. The fraction of sp³-hybridized carbons (Fsp3) is 0.529. The van der Waals surface area contributed by atoms with Crippen LogP contribution in [-0.4, -0.2) is 23.7 Å². The van der Waals surface area contributed by atoms with Gasteiger partial charge >= 0.3 is 11.9 Å². The van der Waals surface area contributed by atoms with E-state index in [1.165, 1.54) is 0 Å². The van der Waals surface area contributed by atoms with Gasteiger partial charge in [0.1, 0.15) is 0 Å². The first kappa shape index (κ1) is 15.5. The van der Waals surface area contributed by atoms with Crippen LogP contribution in [0.25, 0.3) is 0 Å². The van der Waals surface area contributed by atoms with Crippen molar-refractivity contribution in [1.29, 1.82) is 0 Å². The molecule has 0 radical (unpaired) electrons. The third-order valence-corrected chi connectivity index (χ3v) is 4.12. The first-order chi connectivity index (χ1) is 10.0. The molecule has 1 aromatic carbocycles. The lowest BCUT2D eigenvalue weighted by Crippen LogP contribution is -2.45. The number of carbonyl (C=O) groups excluding carboxylic acids is 1. The molecule has 0 heterocycles. The Balaban J connectivity index is 2.42. The van der Waals surface area contributed by atoms with Gasteiger partial charge in [-0.2, -0.15) is 0 Å². The maximum Gasteiger partial charge on any atom is 0.328 e. The number of rotatable bonds is 7. The maximum atomic E-state index is 12.4. The summed E-state index contributed by atoms with van der Waals surface area (Å²) in [6.45, 7) is 3.77. The summed E-state index contributed by atoms with van der Waals surface area (Å²) in [5.41, 5.74) is -0.118. The van der Waals surface area contributed by atoms with Crippen molar-refractivity contribution in [2.45, 2.75) is 44.9 Å². The molecule has 1 fully saturated rings. The Kier molecular flexibility index (Phi) is 4.66. The van der Waals surface area contributed by atoms with Crippen LogP contribution in [0, 0.1) is 12.8 Å². The summed E-state index contributed by atoms with van der Waals surface area (Å²) in [6.07, 6.45) is 3.31. The molecule has 114 valence electrons. The molecule has 1 unspecified atom stereocenters. The van der Waals surface area contributed by atoms with Crippen molar-refractivity contribution in [3.05, 3.63) is 35.4 Å². The van der Waals surface area contributed by atoms with Crippen LogP contribution in [0.5, 0.6) is 0 Å². The van der Waals surface area contributed by atoms with Gasteiger partial charge in [-0.1, -0.05) is 42.7 Å². The molecule has 1 N–H and O–H groups in total. The van der Waals surface area contributed by atoms with Crippen LogP contribution in [0.3, 0.4) is 0 Å². The van der Waals surface area contributed by atoms with Gasteiger partial charge in [0, 0.05) is 0 Å². The first-order valence-electron chi connectivity index (χ1n) is 7.48. The van der Waals surface area contributed by atoms with E-state index >= 15 is 0 Å². The number of carbonyl (C=O) groups is 2. The minimum Gasteiger partial charge on any atom is -0.480 e. The predicted molar refractivity (Wildman–Crippen MR) is 79.1 cm³/mol. The van der Waals surface area contributed by atoms with Gasteiger partial charge in [-0.15, -0.1) is 0 Å². The molecule has 0 aliphatic heterocycles. The number of hydrogen-bond donors (Lipinski definition) is 1. The minimum absolute atomic E-state index is 0.184. The average Bonchev–Trinajstić information content (AvgIpc) is 3.23. The van der Waals surface area contributed by atoms with Gasteiger partial charge in [-0.3, -0.25) is 9.59 Å². The fourth-order valence-corrected chi connectivity index (χ4v) is 2.67. The van der Waals surface area contributed by atoms with Crippen LogP contribution in [0.1, 0.15) is 43.7 Å². The summed E-state index contributed by atoms with van der Waals surface area (Å²) in [6, 6.07) is 7.17. The van der Waals surface area contributed by atoms with Crippen molar-refractivity contribution in [2.24, 2.45) is 5.92 Å². The van der Waals surface area contributed by atoms with Crippen LogP contribution >= 0.6 is 0 Å². The highest BCUT2D eigenvalue weighted by atomic mass is 16.5. The van der Waals surface area contributed by atoms with Gasteiger partial charge < -0.3 is 9.84 Å². The summed E-state index contributed by atoms with van der Waals surface area (Å²) < 4.78 is 5.10. The lowest BCUT2D eigenvalue weighted by atomic mass is 9.75. The quantitative estimate of drug-likeness (QED) is 0.619. The number of carboxylic acid groups (broad SMARTS) is 1. The van der Waals surface area contributed by atoms with Gasteiger partial charge in [0.25, 0.3) is 0 Å². The third kappa shape index (κ3) is 3.26. The number of ether oxygens (including phenoxy) is 1. The van der Waals surface area contributed by atoms with E-state index in [4.69, 9.17) is 4.74 Å². The molecule has 0 saturated heterocycles. The molecular formula is C17H22O4. The summed E-state index contributed by atoms with van der Waals surface area (Å²) in [7, 11) is 0. The second-order valence-corrected chi connectivity index (χ2v) is 5.78. The lowest BCUT2D eigenvalue weighted by Gasteiger charge is -2.28. The molecule has 2 rings (SSSR count). The van der Waals surface area contributed by atoms with Crippen LogP contribution in [0.15, 0.2) is 24.3 Å². The zero-order valence-corrected chi connectivity index (χ0v) is 12.6. The number of benzene rings is 1. The SMILES string of the molecule is CCOC(=O)C(CCC1CC1)(C(=O)O)c1cccc(C)c1. The highest BCUT2D eigenvalue weighted by Crippen LogP contribution is 2.40. The summed E-state index contributed by atoms with van der Waals surface area (Å²) in [5.74, 6) is -1.21. The molecule has 1 saturated carbocycles. The Morgan fingerprint density at radius 2 is 2.10 bits per heavy atom. The van der Waals surface area contributed by atoms with Crippen LogP contribution < -0.4 is 0 Å². The Morgan fingerprint density at radius 3 is 2.62 bits per heavy atom. The summed E-state index contributed by atoms with van der Waals surface area (Å²) >= 11 is 0. The van der Waals surface area contributed by atoms with Crippen LogP contribution in [0.2, 0.25) is 0 Å².